The van der Waals surface area contributed by atoms with Gasteiger partial charge in [-0.1, -0.05) is 33.6 Å². The van der Waals surface area contributed by atoms with Crippen LogP contribution < -0.4 is 0 Å². The Labute approximate surface area is 97.6 Å². The minimum absolute atomic E-state index is 0.0118. The monoisotopic (exact) mass is 229 g/mol. The van der Waals surface area contributed by atoms with E-state index in [1.165, 1.54) is 4.90 Å². The van der Waals surface area contributed by atoms with Gasteiger partial charge in [-0.15, -0.1) is 0 Å². The maximum Gasteiger partial charge on any atom is 0.305 e. The minimum Gasteiger partial charge on any atom is -0.481 e. The number of rotatable bonds is 7. The van der Waals surface area contributed by atoms with Crippen LogP contribution in [0, 0.1) is 11.8 Å². The maximum atomic E-state index is 11.9. The first-order chi connectivity index (χ1) is 7.43. The number of carboxylic acids is 1. The molecular formula is C12H23NO3. The van der Waals surface area contributed by atoms with E-state index in [0.29, 0.717) is 12.5 Å². The Kier molecular flexibility index (Phi) is 6.77. The van der Waals surface area contributed by atoms with Gasteiger partial charge in [0.25, 0.3) is 0 Å². The van der Waals surface area contributed by atoms with E-state index < -0.39 is 5.97 Å². The molecule has 0 aliphatic rings. The molecule has 0 bridgehead atoms. The fourth-order valence-electron chi connectivity index (χ4n) is 1.92. The largest absolute Gasteiger partial charge is 0.481 e. The standard InChI is InChI=1S/C12H23NO3/c1-5-10(6-2)9(3)12(16)13(4)8-7-11(14)15/h9-10H,5-8H2,1-4H3,(H,14,15). The highest BCUT2D eigenvalue weighted by Crippen LogP contribution is 2.20. The van der Waals surface area contributed by atoms with Gasteiger partial charge in [-0.25, -0.2) is 0 Å². The van der Waals surface area contributed by atoms with Crippen LogP contribution in [0.2, 0.25) is 0 Å². The van der Waals surface area contributed by atoms with Crippen molar-refractivity contribution in [2.45, 2.75) is 40.0 Å². The molecular weight excluding hydrogens is 206 g/mol. The first-order valence-electron chi connectivity index (χ1n) is 5.90. The van der Waals surface area contributed by atoms with Gasteiger partial charge < -0.3 is 10.0 Å². The Morgan fingerprint density at radius 2 is 1.75 bits per heavy atom. The molecule has 0 rings (SSSR count). The molecule has 4 heteroatoms. The van der Waals surface area contributed by atoms with Crippen molar-refractivity contribution in [3.05, 3.63) is 0 Å². The van der Waals surface area contributed by atoms with Gasteiger partial charge in [0, 0.05) is 19.5 Å². The zero-order valence-corrected chi connectivity index (χ0v) is 10.7. The summed E-state index contributed by atoms with van der Waals surface area (Å²) in [6.45, 7) is 6.38. The fraction of sp³-hybridized carbons (Fsp3) is 0.833. The Morgan fingerprint density at radius 1 is 1.25 bits per heavy atom. The van der Waals surface area contributed by atoms with Gasteiger partial charge in [0.15, 0.2) is 0 Å². The molecule has 0 heterocycles. The van der Waals surface area contributed by atoms with Gasteiger partial charge in [0.2, 0.25) is 5.91 Å². The van der Waals surface area contributed by atoms with Crippen molar-refractivity contribution in [3.63, 3.8) is 0 Å². The van der Waals surface area contributed by atoms with Crippen LogP contribution in [-0.2, 0) is 9.59 Å². The summed E-state index contributed by atoms with van der Waals surface area (Å²) in [5.41, 5.74) is 0. The minimum atomic E-state index is -0.866. The number of aliphatic carboxylic acids is 1. The number of carboxylic acid groups (broad SMARTS) is 1. The average Bonchev–Trinajstić information content (AvgIpc) is 2.26. The van der Waals surface area contributed by atoms with Crippen molar-refractivity contribution < 1.29 is 14.7 Å². The Morgan fingerprint density at radius 3 is 2.12 bits per heavy atom. The molecule has 0 aliphatic carbocycles. The molecule has 0 aromatic carbocycles. The molecule has 94 valence electrons. The molecule has 0 aliphatic heterocycles. The van der Waals surface area contributed by atoms with Gasteiger partial charge in [-0.05, 0) is 5.92 Å². The zero-order chi connectivity index (χ0) is 12.7. The molecule has 1 amide bonds. The predicted molar refractivity (Wildman–Crippen MR) is 63.1 cm³/mol. The number of amides is 1. The lowest BCUT2D eigenvalue weighted by Gasteiger charge is -2.25. The highest BCUT2D eigenvalue weighted by Gasteiger charge is 2.24. The van der Waals surface area contributed by atoms with Gasteiger partial charge in [0.1, 0.15) is 0 Å². The third-order valence-corrected chi connectivity index (χ3v) is 3.18. The Balaban J connectivity index is 4.25. The molecule has 0 aromatic heterocycles. The van der Waals surface area contributed by atoms with Crippen molar-refractivity contribution in [3.8, 4) is 0 Å². The van der Waals surface area contributed by atoms with Crippen LogP contribution >= 0.6 is 0 Å². The number of carbonyl (C=O) groups is 2. The van der Waals surface area contributed by atoms with E-state index in [1.54, 1.807) is 7.05 Å². The van der Waals surface area contributed by atoms with E-state index in [1.807, 2.05) is 6.92 Å². The van der Waals surface area contributed by atoms with Gasteiger partial charge in [-0.2, -0.15) is 0 Å². The Hall–Kier alpha value is -1.06. The second-order valence-corrected chi connectivity index (χ2v) is 4.27. The quantitative estimate of drug-likeness (QED) is 0.726. The average molecular weight is 229 g/mol. The number of hydrogen-bond acceptors (Lipinski definition) is 2. The molecule has 1 atom stereocenters. The number of hydrogen-bond donors (Lipinski definition) is 1. The fourth-order valence-corrected chi connectivity index (χ4v) is 1.92. The summed E-state index contributed by atoms with van der Waals surface area (Å²) in [6, 6.07) is 0. The van der Waals surface area contributed by atoms with Crippen LogP contribution in [0.15, 0.2) is 0 Å². The predicted octanol–water partition coefficient (Wildman–Crippen LogP) is 1.99. The number of nitrogens with zero attached hydrogens (tertiary/aromatic N) is 1. The first kappa shape index (κ1) is 14.9. The van der Waals surface area contributed by atoms with Crippen molar-refractivity contribution in [2.24, 2.45) is 11.8 Å². The van der Waals surface area contributed by atoms with Crippen LogP contribution in [-0.4, -0.2) is 35.5 Å². The van der Waals surface area contributed by atoms with Crippen LogP contribution in [0.25, 0.3) is 0 Å². The van der Waals surface area contributed by atoms with E-state index in [-0.39, 0.29) is 18.2 Å². The van der Waals surface area contributed by atoms with Gasteiger partial charge >= 0.3 is 5.97 Å². The summed E-state index contributed by atoms with van der Waals surface area (Å²) in [5, 5.41) is 8.55. The summed E-state index contributed by atoms with van der Waals surface area (Å²) in [5.74, 6) is -0.446. The summed E-state index contributed by atoms with van der Waals surface area (Å²) < 4.78 is 0. The lowest BCUT2D eigenvalue weighted by atomic mass is 9.88. The second kappa shape index (κ2) is 7.25. The van der Waals surface area contributed by atoms with Crippen LogP contribution in [0.1, 0.15) is 40.0 Å². The summed E-state index contributed by atoms with van der Waals surface area (Å²) in [7, 11) is 1.67. The normalized spacial score (nSPS) is 12.6. The molecule has 0 fully saturated rings. The second-order valence-electron chi connectivity index (χ2n) is 4.27. The molecule has 0 saturated heterocycles. The molecule has 4 nitrogen and oxygen atoms in total. The van der Waals surface area contributed by atoms with E-state index in [0.717, 1.165) is 12.8 Å². The van der Waals surface area contributed by atoms with E-state index in [4.69, 9.17) is 5.11 Å². The molecule has 1 unspecified atom stereocenters. The SMILES string of the molecule is CCC(CC)C(C)C(=O)N(C)CCC(=O)O. The molecule has 1 N–H and O–H groups in total. The molecule has 16 heavy (non-hydrogen) atoms. The highest BCUT2D eigenvalue weighted by atomic mass is 16.4. The third-order valence-electron chi connectivity index (χ3n) is 3.18. The van der Waals surface area contributed by atoms with Crippen LogP contribution in [0.5, 0.6) is 0 Å². The van der Waals surface area contributed by atoms with Crippen molar-refractivity contribution >= 4 is 11.9 Å². The van der Waals surface area contributed by atoms with Crippen molar-refractivity contribution in [1.29, 1.82) is 0 Å². The lowest BCUT2D eigenvalue weighted by Crippen LogP contribution is -2.36. The van der Waals surface area contributed by atoms with E-state index in [9.17, 15) is 9.59 Å². The van der Waals surface area contributed by atoms with Crippen LogP contribution in [0.3, 0.4) is 0 Å². The molecule has 0 spiro atoms. The van der Waals surface area contributed by atoms with Gasteiger partial charge in [0.05, 0.1) is 6.42 Å². The number of carbonyl (C=O) groups excluding carboxylic acids is 1. The third kappa shape index (κ3) is 4.64. The lowest BCUT2D eigenvalue weighted by molar-refractivity contribution is -0.139. The van der Waals surface area contributed by atoms with Crippen molar-refractivity contribution in [2.75, 3.05) is 13.6 Å². The highest BCUT2D eigenvalue weighted by molar-refractivity contribution is 5.79. The zero-order valence-electron chi connectivity index (χ0n) is 10.7. The summed E-state index contributed by atoms with van der Waals surface area (Å²) in [6.07, 6.45) is 1.98. The summed E-state index contributed by atoms with van der Waals surface area (Å²) >= 11 is 0. The molecule has 0 radical (unpaired) electrons. The van der Waals surface area contributed by atoms with Gasteiger partial charge in [-0.3, -0.25) is 9.59 Å². The summed E-state index contributed by atoms with van der Waals surface area (Å²) in [4.78, 5) is 23.9. The van der Waals surface area contributed by atoms with Crippen LogP contribution in [0.4, 0.5) is 0 Å². The van der Waals surface area contributed by atoms with E-state index in [2.05, 4.69) is 13.8 Å². The molecule has 0 aromatic rings. The smallest absolute Gasteiger partial charge is 0.305 e. The Bertz CT molecular complexity index is 236. The first-order valence-corrected chi connectivity index (χ1v) is 5.90. The van der Waals surface area contributed by atoms with Crippen molar-refractivity contribution in [1.82, 2.24) is 4.90 Å². The van der Waals surface area contributed by atoms with E-state index >= 15 is 0 Å². The maximum absolute atomic E-state index is 11.9. The topological polar surface area (TPSA) is 57.6 Å². The molecule has 0 saturated carbocycles.